The van der Waals surface area contributed by atoms with Gasteiger partial charge in [-0.15, -0.1) is 0 Å². The van der Waals surface area contributed by atoms with E-state index in [4.69, 9.17) is 16.7 Å². The molecule has 0 aliphatic rings. The molecule has 0 spiro atoms. The van der Waals surface area contributed by atoms with Crippen LogP contribution in [0.2, 0.25) is 5.02 Å². The van der Waals surface area contributed by atoms with Crippen molar-refractivity contribution in [1.82, 2.24) is 14.8 Å². The minimum absolute atomic E-state index is 0.226. The van der Waals surface area contributed by atoms with Gasteiger partial charge in [0, 0.05) is 17.7 Å². The number of aromatic nitrogens is 3. The summed E-state index contributed by atoms with van der Waals surface area (Å²) < 4.78 is 1.83. The Bertz CT molecular complexity index is 1210. The fourth-order valence-corrected chi connectivity index (χ4v) is 4.49. The summed E-state index contributed by atoms with van der Waals surface area (Å²) in [6, 6.07) is 17.5. The predicted molar refractivity (Wildman–Crippen MR) is 122 cm³/mol. The van der Waals surface area contributed by atoms with Crippen LogP contribution in [-0.4, -0.2) is 20.7 Å². The highest BCUT2D eigenvalue weighted by atomic mass is 35.5. The third kappa shape index (κ3) is 4.01. The lowest BCUT2D eigenvalue weighted by molar-refractivity contribution is 0.103. The Hall–Kier alpha value is -2.96. The topological polar surface area (TPSA) is 59.8 Å². The lowest BCUT2D eigenvalue weighted by Crippen LogP contribution is -2.11. The summed E-state index contributed by atoms with van der Waals surface area (Å²) in [6.45, 7) is 5.88. The van der Waals surface area contributed by atoms with Gasteiger partial charge < -0.3 is 5.32 Å². The van der Waals surface area contributed by atoms with Crippen LogP contribution in [-0.2, 0) is 6.42 Å². The number of nitrogens with zero attached hydrogens (tertiary/aromatic N) is 3. The van der Waals surface area contributed by atoms with Gasteiger partial charge in [-0.1, -0.05) is 65.4 Å². The summed E-state index contributed by atoms with van der Waals surface area (Å²) in [5.41, 5.74) is 5.65. The van der Waals surface area contributed by atoms with Crippen LogP contribution in [0.5, 0.6) is 0 Å². The van der Waals surface area contributed by atoms with Crippen molar-refractivity contribution in [3.05, 3.63) is 92.7 Å². The van der Waals surface area contributed by atoms with Crippen molar-refractivity contribution in [2.24, 2.45) is 0 Å². The lowest BCUT2D eigenvalue weighted by atomic mass is 10.0. The fourth-order valence-electron chi connectivity index (χ4n) is 3.34. The number of benzene rings is 2. The average Bonchev–Trinajstić information content (AvgIpc) is 3.25. The Balaban J connectivity index is 1.62. The number of thiazole rings is 1. The maximum absolute atomic E-state index is 12.8. The Kier molecular flexibility index (Phi) is 5.70. The third-order valence-corrected chi connectivity index (χ3v) is 6.42. The Morgan fingerprint density at radius 2 is 1.73 bits per heavy atom. The normalized spacial score (nSPS) is 10.9. The first-order chi connectivity index (χ1) is 14.4. The van der Waals surface area contributed by atoms with E-state index >= 15 is 0 Å². The van der Waals surface area contributed by atoms with Crippen LogP contribution in [0, 0.1) is 20.8 Å². The Labute approximate surface area is 184 Å². The van der Waals surface area contributed by atoms with Gasteiger partial charge >= 0.3 is 0 Å². The molecule has 0 saturated heterocycles. The second-order valence-electron chi connectivity index (χ2n) is 7.07. The molecular formula is C23H21ClN4OS. The van der Waals surface area contributed by atoms with E-state index in [-0.39, 0.29) is 5.91 Å². The third-order valence-electron chi connectivity index (χ3n) is 4.96. The van der Waals surface area contributed by atoms with Gasteiger partial charge in [0.15, 0.2) is 0 Å². The van der Waals surface area contributed by atoms with Gasteiger partial charge in [-0.25, -0.2) is 9.67 Å². The van der Waals surface area contributed by atoms with Crippen molar-refractivity contribution in [1.29, 1.82) is 0 Å². The van der Waals surface area contributed by atoms with Crippen LogP contribution in [0.3, 0.4) is 0 Å². The Morgan fingerprint density at radius 3 is 2.47 bits per heavy atom. The number of amides is 1. The van der Waals surface area contributed by atoms with E-state index in [2.05, 4.69) is 22.4 Å². The van der Waals surface area contributed by atoms with Crippen LogP contribution in [0.25, 0.3) is 5.13 Å². The molecule has 0 atom stereocenters. The minimum atomic E-state index is -0.226. The first-order valence-corrected chi connectivity index (χ1v) is 10.8. The molecule has 0 radical (unpaired) electrons. The van der Waals surface area contributed by atoms with Gasteiger partial charge in [-0.3, -0.25) is 4.79 Å². The van der Waals surface area contributed by atoms with E-state index in [0.717, 1.165) is 17.8 Å². The molecule has 0 aliphatic carbocycles. The van der Waals surface area contributed by atoms with Gasteiger partial charge in [0.1, 0.15) is 4.88 Å². The molecule has 4 rings (SSSR count). The summed E-state index contributed by atoms with van der Waals surface area (Å²) in [4.78, 5) is 18.0. The zero-order valence-corrected chi connectivity index (χ0v) is 18.5. The summed E-state index contributed by atoms with van der Waals surface area (Å²) in [6.07, 6.45) is 0.808. The number of anilines is 1. The number of nitrogens with one attached hydrogen (secondary N) is 1. The molecule has 0 fully saturated rings. The highest BCUT2D eigenvalue weighted by Crippen LogP contribution is 2.28. The highest BCUT2D eigenvalue weighted by Gasteiger charge is 2.20. The second kappa shape index (κ2) is 8.42. The summed E-state index contributed by atoms with van der Waals surface area (Å²) in [5, 5.41) is 8.74. The van der Waals surface area contributed by atoms with E-state index < -0.39 is 0 Å². The molecule has 2 aromatic carbocycles. The number of hydrogen-bond donors (Lipinski definition) is 1. The highest BCUT2D eigenvalue weighted by molar-refractivity contribution is 7.16. The maximum atomic E-state index is 12.8. The molecule has 0 saturated carbocycles. The van der Waals surface area contributed by atoms with Crippen LogP contribution in [0.15, 0.2) is 54.6 Å². The number of rotatable bonds is 5. The first-order valence-electron chi connectivity index (χ1n) is 9.56. The van der Waals surface area contributed by atoms with Crippen molar-refractivity contribution in [3.63, 3.8) is 0 Å². The van der Waals surface area contributed by atoms with Crippen LogP contribution >= 0.6 is 22.9 Å². The van der Waals surface area contributed by atoms with Crippen LogP contribution in [0.4, 0.5) is 5.69 Å². The summed E-state index contributed by atoms with van der Waals surface area (Å²) in [7, 11) is 0. The van der Waals surface area contributed by atoms with Gasteiger partial charge in [0.05, 0.1) is 22.1 Å². The van der Waals surface area contributed by atoms with Gasteiger partial charge in [-0.05, 0) is 38.5 Å². The second-order valence-corrected chi connectivity index (χ2v) is 8.45. The molecule has 1 N–H and O–H groups in total. The van der Waals surface area contributed by atoms with E-state index in [0.29, 0.717) is 26.4 Å². The van der Waals surface area contributed by atoms with Crippen LogP contribution < -0.4 is 5.32 Å². The first kappa shape index (κ1) is 20.3. The number of para-hydroxylation sites is 1. The molecule has 7 heteroatoms. The predicted octanol–water partition coefficient (Wildman–Crippen LogP) is 5.75. The quantitative estimate of drug-likeness (QED) is 0.433. The molecule has 152 valence electrons. The van der Waals surface area contributed by atoms with Gasteiger partial charge in [0.25, 0.3) is 5.91 Å². The number of halogens is 1. The molecule has 0 aliphatic heterocycles. The van der Waals surface area contributed by atoms with Gasteiger partial charge in [0.2, 0.25) is 5.13 Å². The maximum Gasteiger partial charge on any atom is 0.267 e. The smallest absolute Gasteiger partial charge is 0.267 e. The zero-order chi connectivity index (χ0) is 21.3. The van der Waals surface area contributed by atoms with E-state index in [1.165, 1.54) is 22.5 Å². The SMILES string of the molecule is Cc1nc(-n2nc(C)c(Cc3ccccc3)c2C)sc1C(=O)Nc1ccccc1Cl. The van der Waals surface area contributed by atoms with Crippen molar-refractivity contribution in [2.45, 2.75) is 27.2 Å². The molecular weight excluding hydrogens is 416 g/mol. The largest absolute Gasteiger partial charge is 0.320 e. The minimum Gasteiger partial charge on any atom is -0.320 e. The molecule has 2 heterocycles. The monoisotopic (exact) mass is 436 g/mol. The summed E-state index contributed by atoms with van der Waals surface area (Å²) >= 11 is 7.49. The standard InChI is InChI=1S/C23H21ClN4OS/c1-14-18(13-17-9-5-4-6-10-17)16(3)28(27-14)23-25-15(2)21(30-23)22(29)26-20-12-8-7-11-19(20)24/h4-12H,13H2,1-3H3,(H,26,29). The van der Waals surface area contributed by atoms with E-state index in [1.807, 2.05) is 55.8 Å². The molecule has 30 heavy (non-hydrogen) atoms. The van der Waals surface area contributed by atoms with Crippen LogP contribution in [0.1, 0.15) is 37.9 Å². The summed E-state index contributed by atoms with van der Waals surface area (Å²) in [5.74, 6) is -0.226. The van der Waals surface area contributed by atoms with E-state index in [1.54, 1.807) is 12.1 Å². The van der Waals surface area contributed by atoms with Crippen molar-refractivity contribution >= 4 is 34.5 Å². The molecule has 1 amide bonds. The zero-order valence-electron chi connectivity index (χ0n) is 16.9. The molecule has 2 aromatic heterocycles. The fraction of sp³-hybridized carbons (Fsp3) is 0.174. The van der Waals surface area contributed by atoms with E-state index in [9.17, 15) is 4.79 Å². The molecule has 4 aromatic rings. The number of aryl methyl sites for hydroxylation is 2. The molecule has 0 unspecified atom stereocenters. The van der Waals surface area contributed by atoms with Crippen molar-refractivity contribution < 1.29 is 4.79 Å². The molecule has 0 bridgehead atoms. The number of carbonyl (C=O) groups excluding carboxylic acids is 1. The van der Waals surface area contributed by atoms with Crippen molar-refractivity contribution in [3.8, 4) is 5.13 Å². The lowest BCUT2D eigenvalue weighted by Gasteiger charge is -2.05. The Morgan fingerprint density at radius 1 is 1.03 bits per heavy atom. The average molecular weight is 437 g/mol. The number of carbonyl (C=O) groups is 1. The molecule has 5 nitrogen and oxygen atoms in total. The number of hydrogen-bond acceptors (Lipinski definition) is 4. The van der Waals surface area contributed by atoms with Crippen molar-refractivity contribution in [2.75, 3.05) is 5.32 Å². The van der Waals surface area contributed by atoms with Gasteiger partial charge in [-0.2, -0.15) is 5.10 Å².